The molecule has 0 radical (unpaired) electrons. The van der Waals surface area contributed by atoms with Gasteiger partial charge in [0, 0.05) is 23.1 Å². The van der Waals surface area contributed by atoms with Gasteiger partial charge in [-0.25, -0.2) is 0 Å². The minimum atomic E-state index is 0.705. The normalized spacial score (nSPS) is 28.3. The molecule has 3 rings (SSSR count). The molecule has 2 nitrogen and oxygen atoms in total. The van der Waals surface area contributed by atoms with Crippen molar-refractivity contribution in [2.75, 3.05) is 13.1 Å². The number of hydrogen-bond acceptors (Lipinski definition) is 2. The lowest BCUT2D eigenvalue weighted by Crippen LogP contribution is -2.45. The quantitative estimate of drug-likeness (QED) is 0.922. The Labute approximate surface area is 118 Å². The van der Waals surface area contributed by atoms with E-state index in [0.29, 0.717) is 6.04 Å². The van der Waals surface area contributed by atoms with Crippen LogP contribution in [0.1, 0.15) is 31.2 Å². The molecular formula is C15H21BrN2. The van der Waals surface area contributed by atoms with Crippen molar-refractivity contribution >= 4 is 15.9 Å². The van der Waals surface area contributed by atoms with E-state index in [1.54, 1.807) is 0 Å². The Bertz CT molecular complexity index is 407. The summed E-state index contributed by atoms with van der Waals surface area (Å²) in [7, 11) is 0. The summed E-state index contributed by atoms with van der Waals surface area (Å²) >= 11 is 3.62. The van der Waals surface area contributed by atoms with Crippen LogP contribution in [0.2, 0.25) is 0 Å². The number of nitrogens with zero attached hydrogens (tertiary/aromatic N) is 1. The first-order valence-electron chi connectivity index (χ1n) is 7.04. The number of rotatable bonds is 3. The van der Waals surface area contributed by atoms with Gasteiger partial charge in [-0.2, -0.15) is 0 Å². The summed E-state index contributed by atoms with van der Waals surface area (Å²) < 4.78 is 1.22. The van der Waals surface area contributed by atoms with Crippen LogP contribution in [-0.2, 0) is 6.54 Å². The van der Waals surface area contributed by atoms with Crippen molar-refractivity contribution < 1.29 is 0 Å². The van der Waals surface area contributed by atoms with Gasteiger partial charge >= 0.3 is 0 Å². The summed E-state index contributed by atoms with van der Waals surface area (Å²) in [4.78, 5) is 2.68. The van der Waals surface area contributed by atoms with Crippen molar-refractivity contribution in [2.24, 2.45) is 0 Å². The lowest BCUT2D eigenvalue weighted by atomic mass is 9.97. The predicted octanol–water partition coefficient (Wildman–Crippen LogP) is 3.17. The summed E-state index contributed by atoms with van der Waals surface area (Å²) in [6.07, 6.45) is 5.46. The van der Waals surface area contributed by atoms with Crippen molar-refractivity contribution in [2.45, 2.75) is 44.3 Å². The van der Waals surface area contributed by atoms with E-state index in [2.05, 4.69) is 50.4 Å². The fourth-order valence-electron chi connectivity index (χ4n) is 3.31. The van der Waals surface area contributed by atoms with Crippen LogP contribution in [-0.4, -0.2) is 30.1 Å². The van der Waals surface area contributed by atoms with E-state index in [1.807, 2.05) is 0 Å². The Hall–Kier alpha value is -0.380. The molecule has 2 aliphatic rings. The molecule has 18 heavy (non-hydrogen) atoms. The maximum atomic E-state index is 3.73. The van der Waals surface area contributed by atoms with Gasteiger partial charge in [-0.3, -0.25) is 0 Å². The van der Waals surface area contributed by atoms with Gasteiger partial charge in [-0.15, -0.1) is 0 Å². The highest BCUT2D eigenvalue weighted by molar-refractivity contribution is 9.10. The number of halogens is 1. The Kier molecular flexibility index (Phi) is 4.02. The molecule has 2 aliphatic heterocycles. The second-order valence-electron chi connectivity index (χ2n) is 5.53. The number of fused-ring (bicyclic) bond motifs is 1. The molecule has 2 heterocycles. The molecule has 0 aromatic heterocycles. The zero-order valence-electron chi connectivity index (χ0n) is 10.7. The first-order chi connectivity index (χ1) is 8.83. The van der Waals surface area contributed by atoms with Gasteiger partial charge in [0.25, 0.3) is 0 Å². The van der Waals surface area contributed by atoms with Crippen molar-refractivity contribution in [1.29, 1.82) is 0 Å². The highest BCUT2D eigenvalue weighted by Gasteiger charge is 2.31. The molecule has 2 atom stereocenters. The molecule has 0 saturated carbocycles. The van der Waals surface area contributed by atoms with E-state index >= 15 is 0 Å². The van der Waals surface area contributed by atoms with E-state index < -0.39 is 0 Å². The summed E-state index contributed by atoms with van der Waals surface area (Å²) in [5.41, 5.74) is 1.37. The SMILES string of the molecule is Brc1ccccc1CNC1CCN2CCCC2C1. The summed E-state index contributed by atoms with van der Waals surface area (Å²) in [6.45, 7) is 3.61. The summed E-state index contributed by atoms with van der Waals surface area (Å²) in [6, 6.07) is 10.1. The largest absolute Gasteiger partial charge is 0.310 e. The monoisotopic (exact) mass is 308 g/mol. The zero-order valence-corrected chi connectivity index (χ0v) is 12.3. The molecule has 98 valence electrons. The number of piperidine rings is 1. The lowest BCUT2D eigenvalue weighted by molar-refractivity contribution is 0.166. The third-order valence-corrected chi connectivity index (χ3v) is 5.13. The van der Waals surface area contributed by atoms with Gasteiger partial charge in [0.15, 0.2) is 0 Å². The molecule has 0 bridgehead atoms. The van der Waals surface area contributed by atoms with Crippen LogP contribution < -0.4 is 5.32 Å². The van der Waals surface area contributed by atoms with Crippen LogP contribution in [0.4, 0.5) is 0 Å². The van der Waals surface area contributed by atoms with Crippen LogP contribution in [0.3, 0.4) is 0 Å². The molecule has 2 saturated heterocycles. The van der Waals surface area contributed by atoms with E-state index in [0.717, 1.165) is 12.6 Å². The van der Waals surface area contributed by atoms with Gasteiger partial charge in [0.2, 0.25) is 0 Å². The number of hydrogen-bond donors (Lipinski definition) is 1. The topological polar surface area (TPSA) is 15.3 Å². The molecule has 0 amide bonds. The van der Waals surface area contributed by atoms with Gasteiger partial charge < -0.3 is 10.2 Å². The Morgan fingerprint density at radius 1 is 1.22 bits per heavy atom. The summed E-state index contributed by atoms with van der Waals surface area (Å²) in [5.74, 6) is 0. The maximum Gasteiger partial charge on any atom is 0.0220 e. The van der Waals surface area contributed by atoms with Crippen molar-refractivity contribution in [3.63, 3.8) is 0 Å². The van der Waals surface area contributed by atoms with Crippen LogP contribution in [0.15, 0.2) is 28.7 Å². The Balaban J connectivity index is 1.53. The standard InChI is InChI=1S/C15H21BrN2/c16-15-6-2-1-4-12(15)11-17-13-7-9-18-8-3-5-14(18)10-13/h1-2,4,6,13-14,17H,3,5,7-11H2. The van der Waals surface area contributed by atoms with Crippen molar-refractivity contribution in [3.8, 4) is 0 Å². The molecule has 0 aliphatic carbocycles. The highest BCUT2D eigenvalue weighted by atomic mass is 79.9. The van der Waals surface area contributed by atoms with Gasteiger partial charge in [0.05, 0.1) is 0 Å². The first kappa shape index (κ1) is 12.6. The molecule has 2 unspecified atom stereocenters. The van der Waals surface area contributed by atoms with Gasteiger partial charge in [0.1, 0.15) is 0 Å². The maximum absolute atomic E-state index is 3.73. The molecule has 3 heteroatoms. The minimum absolute atomic E-state index is 0.705. The van der Waals surface area contributed by atoms with Crippen LogP contribution >= 0.6 is 15.9 Å². The lowest BCUT2D eigenvalue weighted by Gasteiger charge is -2.35. The third-order valence-electron chi connectivity index (χ3n) is 4.36. The molecule has 0 spiro atoms. The van der Waals surface area contributed by atoms with Crippen molar-refractivity contribution in [1.82, 2.24) is 10.2 Å². The minimum Gasteiger partial charge on any atom is -0.310 e. The fourth-order valence-corrected chi connectivity index (χ4v) is 3.73. The van der Waals surface area contributed by atoms with Crippen molar-refractivity contribution in [3.05, 3.63) is 34.3 Å². The predicted molar refractivity (Wildman–Crippen MR) is 78.6 cm³/mol. The number of benzene rings is 1. The second kappa shape index (κ2) is 5.72. The molecule has 1 aromatic carbocycles. The molecule has 1 N–H and O–H groups in total. The summed E-state index contributed by atoms with van der Waals surface area (Å²) in [5, 5.41) is 3.73. The Morgan fingerprint density at radius 2 is 2.11 bits per heavy atom. The average molecular weight is 309 g/mol. The smallest absolute Gasteiger partial charge is 0.0220 e. The van der Waals surface area contributed by atoms with Crippen LogP contribution in [0.5, 0.6) is 0 Å². The molecule has 1 aromatic rings. The van der Waals surface area contributed by atoms with E-state index in [9.17, 15) is 0 Å². The van der Waals surface area contributed by atoms with Crippen LogP contribution in [0.25, 0.3) is 0 Å². The molecular weight excluding hydrogens is 288 g/mol. The first-order valence-corrected chi connectivity index (χ1v) is 7.83. The third kappa shape index (κ3) is 2.79. The van der Waals surface area contributed by atoms with E-state index in [4.69, 9.17) is 0 Å². The van der Waals surface area contributed by atoms with E-state index in [-0.39, 0.29) is 0 Å². The zero-order chi connectivity index (χ0) is 12.4. The van der Waals surface area contributed by atoms with Gasteiger partial charge in [-0.1, -0.05) is 34.1 Å². The van der Waals surface area contributed by atoms with Crippen LogP contribution in [0, 0.1) is 0 Å². The number of nitrogens with one attached hydrogen (secondary N) is 1. The fraction of sp³-hybridized carbons (Fsp3) is 0.600. The average Bonchev–Trinajstić information content (AvgIpc) is 2.85. The highest BCUT2D eigenvalue weighted by Crippen LogP contribution is 2.27. The molecule has 2 fully saturated rings. The second-order valence-corrected chi connectivity index (χ2v) is 6.38. The van der Waals surface area contributed by atoms with E-state index in [1.165, 1.54) is 48.8 Å². The Morgan fingerprint density at radius 3 is 3.00 bits per heavy atom. The van der Waals surface area contributed by atoms with Gasteiger partial charge in [-0.05, 0) is 50.4 Å².